The highest BCUT2D eigenvalue weighted by Gasteiger charge is 2.27. The van der Waals surface area contributed by atoms with Crippen molar-refractivity contribution in [2.45, 2.75) is 31.8 Å². The molecule has 1 atom stereocenters. The second kappa shape index (κ2) is 8.01. The number of rotatable bonds is 6. The van der Waals surface area contributed by atoms with E-state index in [-0.39, 0.29) is 12.0 Å². The Balaban J connectivity index is 1.24. The molecular formula is C20H22N10O. The summed E-state index contributed by atoms with van der Waals surface area (Å²) in [6.07, 6.45) is 7.96. The molecule has 0 saturated carbocycles. The van der Waals surface area contributed by atoms with Crippen molar-refractivity contribution in [3.05, 3.63) is 54.3 Å². The van der Waals surface area contributed by atoms with Crippen LogP contribution in [0.25, 0.3) is 22.6 Å². The summed E-state index contributed by atoms with van der Waals surface area (Å²) in [6.45, 7) is 1.41. The van der Waals surface area contributed by atoms with Gasteiger partial charge in [-0.3, -0.25) is 10.5 Å². The first-order valence-corrected chi connectivity index (χ1v) is 10.1. The van der Waals surface area contributed by atoms with Crippen molar-refractivity contribution in [2.75, 3.05) is 6.54 Å². The molecule has 0 bridgehead atoms. The lowest BCUT2D eigenvalue weighted by Gasteiger charge is -2.23. The zero-order chi connectivity index (χ0) is 21.2. The number of aromatic nitrogens is 7. The van der Waals surface area contributed by atoms with Crippen LogP contribution in [-0.2, 0) is 13.0 Å². The van der Waals surface area contributed by atoms with Gasteiger partial charge in [0.2, 0.25) is 11.7 Å². The van der Waals surface area contributed by atoms with Crippen molar-refractivity contribution in [2.24, 2.45) is 5.73 Å². The number of H-pyrrole nitrogens is 1. The highest BCUT2D eigenvalue weighted by atomic mass is 16.5. The molecule has 4 N–H and O–H groups in total. The molecule has 1 saturated heterocycles. The van der Waals surface area contributed by atoms with E-state index < -0.39 is 0 Å². The zero-order valence-electron chi connectivity index (χ0n) is 16.8. The Morgan fingerprint density at radius 1 is 1.26 bits per heavy atom. The van der Waals surface area contributed by atoms with Gasteiger partial charge in [0.15, 0.2) is 5.96 Å². The fraction of sp³-hybridized carbons (Fsp3) is 0.300. The summed E-state index contributed by atoms with van der Waals surface area (Å²) in [5.41, 5.74) is 9.30. The average molecular weight is 418 g/mol. The number of nitrogens with one attached hydrogen (secondary N) is 2. The quantitative estimate of drug-likeness (QED) is 0.316. The molecule has 5 rings (SSSR count). The third-order valence-corrected chi connectivity index (χ3v) is 5.45. The van der Waals surface area contributed by atoms with Crippen LogP contribution in [0.15, 0.2) is 47.4 Å². The molecule has 0 radical (unpaired) electrons. The van der Waals surface area contributed by atoms with Gasteiger partial charge in [0, 0.05) is 36.3 Å². The molecule has 1 aliphatic rings. The maximum atomic E-state index is 7.69. The second-order valence-electron chi connectivity index (χ2n) is 7.58. The monoisotopic (exact) mass is 418 g/mol. The van der Waals surface area contributed by atoms with Crippen LogP contribution in [0.3, 0.4) is 0 Å². The minimum absolute atomic E-state index is 0.0992. The first kappa shape index (κ1) is 19.0. The summed E-state index contributed by atoms with van der Waals surface area (Å²) in [5, 5.41) is 26.9. The molecule has 4 heterocycles. The molecular weight excluding hydrogens is 396 g/mol. The summed E-state index contributed by atoms with van der Waals surface area (Å²) in [4.78, 5) is 6.42. The van der Waals surface area contributed by atoms with Gasteiger partial charge in [-0.1, -0.05) is 34.6 Å². The molecule has 1 fully saturated rings. The van der Waals surface area contributed by atoms with Crippen LogP contribution in [0.2, 0.25) is 0 Å². The Morgan fingerprint density at radius 2 is 2.13 bits per heavy atom. The van der Waals surface area contributed by atoms with Gasteiger partial charge in [-0.2, -0.15) is 10.1 Å². The standard InChI is InChI=1S/C20H22N10O/c21-20(22)30-7-1-2-16(30)8-18-25-19(27-31-18)14-5-3-13(4-6-14)11-29-12-17(26-28-29)15-9-23-24-10-15/h3-6,9-10,12,16H,1-2,7-8,11H2,(H3,21,22)(H,23,24). The van der Waals surface area contributed by atoms with E-state index in [1.807, 2.05) is 35.4 Å². The first-order chi connectivity index (χ1) is 15.2. The van der Waals surface area contributed by atoms with Crippen LogP contribution in [0.4, 0.5) is 0 Å². The van der Waals surface area contributed by atoms with Crippen molar-refractivity contribution in [3.8, 4) is 22.6 Å². The topological polar surface area (TPSA) is 151 Å². The summed E-state index contributed by atoms with van der Waals surface area (Å²) in [6, 6.07) is 8.10. The SMILES string of the molecule is N=C(N)N1CCCC1Cc1nc(-c2ccc(Cn3cc(-c4cn[nH]c4)nn3)cc2)no1. The van der Waals surface area contributed by atoms with Crippen molar-refractivity contribution >= 4 is 5.96 Å². The van der Waals surface area contributed by atoms with Gasteiger partial charge >= 0.3 is 0 Å². The van der Waals surface area contributed by atoms with Gasteiger partial charge in [-0.05, 0) is 18.4 Å². The number of guanidine groups is 1. The molecule has 3 aromatic heterocycles. The van der Waals surface area contributed by atoms with Gasteiger partial charge in [0.05, 0.1) is 18.9 Å². The van der Waals surface area contributed by atoms with E-state index in [4.69, 9.17) is 15.7 Å². The third-order valence-electron chi connectivity index (χ3n) is 5.45. The van der Waals surface area contributed by atoms with Gasteiger partial charge in [0.1, 0.15) is 5.69 Å². The van der Waals surface area contributed by atoms with Crippen LogP contribution in [-0.4, -0.2) is 58.8 Å². The van der Waals surface area contributed by atoms with E-state index in [0.717, 1.165) is 41.8 Å². The minimum atomic E-state index is 0.0992. The van der Waals surface area contributed by atoms with E-state index in [1.165, 1.54) is 0 Å². The van der Waals surface area contributed by atoms with Crippen LogP contribution < -0.4 is 5.73 Å². The van der Waals surface area contributed by atoms with Crippen LogP contribution in [0.1, 0.15) is 24.3 Å². The normalized spacial score (nSPS) is 16.1. The fourth-order valence-corrected chi connectivity index (χ4v) is 3.87. The Kier molecular flexibility index (Phi) is 4.90. The highest BCUT2D eigenvalue weighted by Crippen LogP contribution is 2.22. The van der Waals surface area contributed by atoms with Gasteiger partial charge in [-0.15, -0.1) is 5.10 Å². The lowest BCUT2D eigenvalue weighted by Crippen LogP contribution is -2.41. The van der Waals surface area contributed by atoms with Crippen molar-refractivity contribution in [3.63, 3.8) is 0 Å². The molecule has 0 spiro atoms. The zero-order valence-corrected chi connectivity index (χ0v) is 16.8. The third kappa shape index (κ3) is 4.02. The first-order valence-electron chi connectivity index (χ1n) is 10.1. The van der Waals surface area contributed by atoms with Gasteiger partial charge in [0.25, 0.3) is 0 Å². The van der Waals surface area contributed by atoms with Crippen LogP contribution in [0.5, 0.6) is 0 Å². The summed E-state index contributed by atoms with van der Waals surface area (Å²) >= 11 is 0. The largest absolute Gasteiger partial charge is 0.370 e. The van der Waals surface area contributed by atoms with Gasteiger partial charge in [-0.25, -0.2) is 4.68 Å². The van der Waals surface area contributed by atoms with Crippen LogP contribution in [0, 0.1) is 5.41 Å². The molecule has 31 heavy (non-hydrogen) atoms. The molecule has 11 nitrogen and oxygen atoms in total. The molecule has 11 heteroatoms. The Morgan fingerprint density at radius 3 is 2.90 bits per heavy atom. The van der Waals surface area contributed by atoms with Crippen molar-refractivity contribution in [1.82, 2.24) is 40.2 Å². The summed E-state index contributed by atoms with van der Waals surface area (Å²) in [5.74, 6) is 1.21. The second-order valence-corrected chi connectivity index (χ2v) is 7.58. The number of hydrogen-bond donors (Lipinski definition) is 3. The summed E-state index contributed by atoms with van der Waals surface area (Å²) < 4.78 is 7.23. The number of nitrogens with two attached hydrogens (primary N) is 1. The average Bonchev–Trinajstić information content (AvgIpc) is 3.56. The molecule has 1 aliphatic heterocycles. The lowest BCUT2D eigenvalue weighted by atomic mass is 10.1. The molecule has 4 aromatic rings. The van der Waals surface area contributed by atoms with Crippen LogP contribution >= 0.6 is 0 Å². The number of hydrogen-bond acceptors (Lipinski definition) is 7. The van der Waals surface area contributed by atoms with E-state index in [1.54, 1.807) is 17.1 Å². The Bertz CT molecular complexity index is 1160. The van der Waals surface area contributed by atoms with E-state index in [9.17, 15) is 0 Å². The van der Waals surface area contributed by atoms with Crippen molar-refractivity contribution < 1.29 is 4.52 Å². The Hall–Kier alpha value is -4.02. The van der Waals surface area contributed by atoms with E-state index in [2.05, 4.69) is 30.7 Å². The van der Waals surface area contributed by atoms with E-state index >= 15 is 0 Å². The number of aromatic amines is 1. The molecule has 0 amide bonds. The lowest BCUT2D eigenvalue weighted by molar-refractivity contribution is 0.320. The van der Waals surface area contributed by atoms with Gasteiger partial charge < -0.3 is 15.2 Å². The maximum absolute atomic E-state index is 7.69. The number of nitrogens with zero attached hydrogens (tertiary/aromatic N) is 7. The minimum Gasteiger partial charge on any atom is -0.370 e. The molecule has 1 aromatic carbocycles. The Labute approximate surface area is 177 Å². The maximum Gasteiger partial charge on any atom is 0.229 e. The smallest absolute Gasteiger partial charge is 0.229 e. The number of likely N-dealkylation sites (tertiary alicyclic amines) is 1. The van der Waals surface area contributed by atoms with Crippen molar-refractivity contribution in [1.29, 1.82) is 5.41 Å². The predicted octanol–water partition coefficient (Wildman–Crippen LogP) is 1.67. The summed E-state index contributed by atoms with van der Waals surface area (Å²) in [7, 11) is 0. The molecule has 158 valence electrons. The number of benzene rings is 1. The fourth-order valence-electron chi connectivity index (χ4n) is 3.87. The highest BCUT2D eigenvalue weighted by molar-refractivity contribution is 5.75. The molecule has 1 unspecified atom stereocenters. The predicted molar refractivity (Wildman–Crippen MR) is 112 cm³/mol. The molecule has 0 aliphatic carbocycles. The van der Waals surface area contributed by atoms with E-state index in [0.29, 0.717) is 24.7 Å².